The number of aliphatic hydroxyl groups excluding tert-OH is 2. The molecule has 6 nitrogen and oxygen atoms in total. The average Bonchev–Trinajstić information content (AvgIpc) is 3.12. The van der Waals surface area contributed by atoms with Gasteiger partial charge in [-0.25, -0.2) is 4.98 Å². The lowest BCUT2D eigenvalue weighted by Gasteiger charge is -2.26. The van der Waals surface area contributed by atoms with E-state index in [1.54, 1.807) is 6.07 Å². The number of hydrogen-bond acceptors (Lipinski definition) is 6. The summed E-state index contributed by atoms with van der Waals surface area (Å²) in [5.74, 6) is -0.661. The van der Waals surface area contributed by atoms with Crippen LogP contribution >= 0.6 is 22.9 Å². The largest absolute Gasteiger partial charge is 0.383 e. The Labute approximate surface area is 172 Å². The second kappa shape index (κ2) is 8.98. The molecule has 3 atom stereocenters. The molecule has 0 bridgehead atoms. The van der Waals surface area contributed by atoms with Crippen molar-refractivity contribution >= 4 is 39.1 Å². The molecule has 1 heterocycles. The number of para-hydroxylation sites is 1. The van der Waals surface area contributed by atoms with Gasteiger partial charge in [0.1, 0.15) is 11.1 Å². The molecule has 0 aliphatic carbocycles. The van der Waals surface area contributed by atoms with Crippen LogP contribution in [0.15, 0.2) is 48.5 Å². The van der Waals surface area contributed by atoms with Crippen LogP contribution in [-0.4, -0.2) is 52.7 Å². The van der Waals surface area contributed by atoms with E-state index in [1.165, 1.54) is 11.3 Å². The van der Waals surface area contributed by atoms with E-state index in [0.29, 0.717) is 10.0 Å². The molecule has 148 valence electrons. The van der Waals surface area contributed by atoms with Gasteiger partial charge in [0.25, 0.3) is 5.91 Å². The predicted octanol–water partition coefficient (Wildman–Crippen LogP) is 2.76. The lowest BCUT2D eigenvalue weighted by Crippen LogP contribution is -2.42. The first-order valence-electron chi connectivity index (χ1n) is 8.78. The molecular weight excluding hydrogens is 398 g/mol. The van der Waals surface area contributed by atoms with Crippen molar-refractivity contribution in [2.24, 2.45) is 0 Å². The zero-order valence-corrected chi connectivity index (χ0v) is 17.1. The Hall–Kier alpha value is -2.03. The molecule has 3 N–H and O–H groups in total. The molecule has 0 spiro atoms. The number of benzene rings is 2. The summed E-state index contributed by atoms with van der Waals surface area (Å²) in [7, 11) is 3.76. The summed E-state index contributed by atoms with van der Waals surface area (Å²) in [5, 5.41) is 24.3. The van der Waals surface area contributed by atoms with Crippen LogP contribution in [0.5, 0.6) is 0 Å². The van der Waals surface area contributed by atoms with Gasteiger partial charge in [0.2, 0.25) is 0 Å². The van der Waals surface area contributed by atoms with Crippen molar-refractivity contribution < 1.29 is 15.0 Å². The first kappa shape index (κ1) is 20.7. The first-order valence-corrected chi connectivity index (χ1v) is 9.98. The number of fused-ring (bicyclic) bond motifs is 1. The number of aromatic nitrogens is 1. The second-order valence-electron chi connectivity index (χ2n) is 6.66. The van der Waals surface area contributed by atoms with Crippen LogP contribution in [-0.2, 0) is 4.79 Å². The van der Waals surface area contributed by atoms with E-state index in [-0.39, 0.29) is 12.6 Å². The number of halogens is 1. The number of likely N-dealkylation sites (N-methyl/N-ethyl adjacent to an activating group) is 1. The number of amides is 1. The smallest absolute Gasteiger partial charge is 0.252 e. The average molecular weight is 420 g/mol. The Morgan fingerprint density at radius 1 is 1.18 bits per heavy atom. The van der Waals surface area contributed by atoms with Gasteiger partial charge in [-0.3, -0.25) is 4.79 Å². The fourth-order valence-corrected chi connectivity index (χ4v) is 4.16. The number of carbonyl (C=O) groups excluding carboxylic acids is 1. The Morgan fingerprint density at radius 2 is 1.86 bits per heavy atom. The van der Waals surface area contributed by atoms with Gasteiger partial charge in [-0.05, 0) is 37.9 Å². The lowest BCUT2D eigenvalue weighted by atomic mass is 10.1. The van der Waals surface area contributed by atoms with Crippen molar-refractivity contribution in [1.29, 1.82) is 0 Å². The minimum absolute atomic E-state index is 0.176. The van der Waals surface area contributed by atoms with Crippen molar-refractivity contribution in [3.8, 4) is 0 Å². The van der Waals surface area contributed by atoms with Gasteiger partial charge in [-0.2, -0.15) is 0 Å². The highest BCUT2D eigenvalue weighted by molar-refractivity contribution is 7.18. The molecule has 1 amide bonds. The molecule has 8 heteroatoms. The number of rotatable bonds is 7. The van der Waals surface area contributed by atoms with E-state index >= 15 is 0 Å². The van der Waals surface area contributed by atoms with Gasteiger partial charge < -0.3 is 20.4 Å². The van der Waals surface area contributed by atoms with E-state index in [0.717, 1.165) is 15.8 Å². The first-order chi connectivity index (χ1) is 13.4. The Bertz CT molecular complexity index is 930. The second-order valence-corrected chi connectivity index (χ2v) is 8.13. The van der Waals surface area contributed by atoms with E-state index < -0.39 is 18.1 Å². The summed E-state index contributed by atoms with van der Waals surface area (Å²) in [6, 6.07) is 14.6. The number of hydrogen-bond donors (Lipinski definition) is 3. The number of carbonyl (C=O) groups is 1. The molecule has 0 aliphatic rings. The van der Waals surface area contributed by atoms with Crippen LogP contribution < -0.4 is 5.32 Å². The molecule has 0 saturated carbocycles. The van der Waals surface area contributed by atoms with Crippen molar-refractivity contribution in [3.05, 3.63) is 64.1 Å². The van der Waals surface area contributed by atoms with Crippen LogP contribution in [0.1, 0.15) is 22.7 Å². The highest BCUT2D eigenvalue weighted by Crippen LogP contribution is 2.28. The van der Waals surface area contributed by atoms with Gasteiger partial charge in [0, 0.05) is 11.6 Å². The third-order valence-corrected chi connectivity index (χ3v) is 5.94. The highest BCUT2D eigenvalue weighted by atomic mass is 35.5. The number of aliphatic hydroxyl groups is 2. The predicted molar refractivity (Wildman–Crippen MR) is 111 cm³/mol. The van der Waals surface area contributed by atoms with Gasteiger partial charge in [-0.15, -0.1) is 11.3 Å². The Kier molecular flexibility index (Phi) is 6.64. The summed E-state index contributed by atoms with van der Waals surface area (Å²) in [5.41, 5.74) is 1.59. The maximum Gasteiger partial charge on any atom is 0.252 e. The molecule has 0 saturated heterocycles. The zero-order valence-electron chi connectivity index (χ0n) is 15.5. The van der Waals surface area contributed by atoms with Crippen LogP contribution in [0.25, 0.3) is 10.2 Å². The van der Waals surface area contributed by atoms with Gasteiger partial charge in [0.15, 0.2) is 6.10 Å². The standard InChI is InChI=1S/C20H22ClN3O3S/c1-24(2)15(12-7-3-4-8-13(12)21)11-22-19(27)17(25)18(26)20-23-14-9-5-6-10-16(14)28-20/h3-10,15,17-18,25-26H,11H2,1-2H3,(H,22,27). The van der Waals surface area contributed by atoms with E-state index in [1.807, 2.05) is 61.5 Å². The summed E-state index contributed by atoms with van der Waals surface area (Å²) in [6.07, 6.45) is -3.01. The maximum absolute atomic E-state index is 12.4. The molecule has 3 rings (SSSR count). The van der Waals surface area contributed by atoms with E-state index in [9.17, 15) is 15.0 Å². The monoisotopic (exact) mass is 419 g/mol. The van der Waals surface area contributed by atoms with E-state index in [4.69, 9.17) is 11.6 Å². The van der Waals surface area contributed by atoms with Crippen LogP contribution in [0.2, 0.25) is 5.02 Å². The number of nitrogens with zero attached hydrogens (tertiary/aromatic N) is 2. The fourth-order valence-electron chi connectivity index (χ4n) is 2.91. The Balaban J connectivity index is 1.68. The Morgan fingerprint density at radius 3 is 2.54 bits per heavy atom. The normalized spacial score (nSPS) is 14.8. The van der Waals surface area contributed by atoms with Gasteiger partial charge in [-0.1, -0.05) is 41.9 Å². The summed E-state index contributed by atoms with van der Waals surface area (Å²) in [4.78, 5) is 18.7. The lowest BCUT2D eigenvalue weighted by molar-refractivity contribution is -0.135. The molecule has 0 fully saturated rings. The molecule has 28 heavy (non-hydrogen) atoms. The van der Waals surface area contributed by atoms with Crippen molar-refractivity contribution in [2.45, 2.75) is 18.2 Å². The topological polar surface area (TPSA) is 85.7 Å². The molecular formula is C20H22ClN3O3S. The minimum atomic E-state index is -1.62. The third kappa shape index (κ3) is 4.51. The molecule has 2 aromatic carbocycles. The number of thiazole rings is 1. The summed E-state index contributed by atoms with van der Waals surface area (Å²) >= 11 is 7.53. The molecule has 0 aliphatic heterocycles. The quantitative estimate of drug-likeness (QED) is 0.548. The van der Waals surface area contributed by atoms with Gasteiger partial charge in [0.05, 0.1) is 16.3 Å². The molecule has 0 radical (unpaired) electrons. The minimum Gasteiger partial charge on any atom is -0.383 e. The SMILES string of the molecule is CN(C)C(CNC(=O)C(O)C(O)c1nc2ccccc2s1)c1ccccc1Cl. The summed E-state index contributed by atoms with van der Waals surface area (Å²) in [6.45, 7) is 0.235. The van der Waals surface area contributed by atoms with Crippen LogP contribution in [0.3, 0.4) is 0 Å². The molecule has 1 aromatic heterocycles. The van der Waals surface area contributed by atoms with E-state index in [2.05, 4.69) is 10.3 Å². The zero-order chi connectivity index (χ0) is 20.3. The fraction of sp³-hybridized carbons (Fsp3) is 0.300. The number of nitrogens with one attached hydrogen (secondary N) is 1. The molecule has 3 unspecified atom stereocenters. The van der Waals surface area contributed by atoms with Crippen molar-refractivity contribution in [2.75, 3.05) is 20.6 Å². The maximum atomic E-state index is 12.4. The van der Waals surface area contributed by atoms with Crippen LogP contribution in [0.4, 0.5) is 0 Å². The van der Waals surface area contributed by atoms with Crippen molar-refractivity contribution in [3.63, 3.8) is 0 Å². The van der Waals surface area contributed by atoms with Crippen LogP contribution in [0, 0.1) is 0 Å². The highest BCUT2D eigenvalue weighted by Gasteiger charge is 2.29. The third-order valence-electron chi connectivity index (χ3n) is 4.49. The van der Waals surface area contributed by atoms with Crippen molar-refractivity contribution in [1.82, 2.24) is 15.2 Å². The van der Waals surface area contributed by atoms with Gasteiger partial charge >= 0.3 is 0 Å². The summed E-state index contributed by atoms with van der Waals surface area (Å²) < 4.78 is 0.885. The molecule has 3 aromatic rings.